The fraction of sp³-hybridized carbons (Fsp3) is 0.273. The summed E-state index contributed by atoms with van der Waals surface area (Å²) in [7, 11) is 4.92. The van der Waals surface area contributed by atoms with Crippen molar-refractivity contribution in [3.05, 3.63) is 71.4 Å². The van der Waals surface area contributed by atoms with Crippen molar-refractivity contribution < 1.29 is 23.8 Å². The highest BCUT2D eigenvalue weighted by Gasteiger charge is 2.24. The van der Waals surface area contributed by atoms with Crippen LogP contribution in [0.15, 0.2) is 60.3 Å². The summed E-state index contributed by atoms with van der Waals surface area (Å²) in [6.07, 6.45) is 1.44. The number of hydrogen-bond donors (Lipinski definition) is 0. The van der Waals surface area contributed by atoms with E-state index in [2.05, 4.69) is 0 Å². The van der Waals surface area contributed by atoms with Gasteiger partial charge in [0.05, 0.1) is 19.3 Å². The van der Waals surface area contributed by atoms with Crippen LogP contribution in [-0.2, 0) is 16.1 Å². The van der Waals surface area contributed by atoms with Gasteiger partial charge in [0, 0.05) is 26.4 Å². The quantitative estimate of drug-likeness (QED) is 0.217. The number of Topliss-reactive ketones (excluding diaryl/α,β-unsaturated/α-hetero) is 1. The van der Waals surface area contributed by atoms with Gasteiger partial charge in [0.1, 0.15) is 23.7 Å². The first-order chi connectivity index (χ1) is 13.5. The van der Waals surface area contributed by atoms with Crippen LogP contribution in [0.4, 0.5) is 0 Å². The maximum Gasteiger partial charge on any atom is 0.343 e. The number of carbonyl (C=O) groups excluding carboxylic acids is 2. The maximum absolute atomic E-state index is 13.0. The molecule has 6 heteroatoms. The Balaban J connectivity index is 2.26. The van der Waals surface area contributed by atoms with Crippen LogP contribution in [0, 0.1) is 0 Å². The minimum atomic E-state index is -0.673. The average Bonchev–Trinajstić information content (AvgIpc) is 2.70. The fourth-order valence-electron chi connectivity index (χ4n) is 2.51. The molecule has 148 valence electrons. The van der Waals surface area contributed by atoms with E-state index in [-0.39, 0.29) is 17.7 Å². The second kappa shape index (κ2) is 10.2. The number of benzene rings is 2. The Bertz CT molecular complexity index is 843. The zero-order valence-electron chi connectivity index (χ0n) is 16.6. The van der Waals surface area contributed by atoms with Crippen LogP contribution in [-0.4, -0.2) is 44.5 Å². The molecule has 0 N–H and O–H groups in total. The van der Waals surface area contributed by atoms with Crippen LogP contribution < -0.4 is 9.47 Å². The highest BCUT2D eigenvalue weighted by molar-refractivity contribution is 6.25. The smallest absolute Gasteiger partial charge is 0.343 e. The molecule has 0 saturated heterocycles. The number of rotatable bonds is 9. The normalized spacial score (nSPS) is 10.9. The third-order valence-corrected chi connectivity index (χ3v) is 3.79. The first-order valence-electron chi connectivity index (χ1n) is 8.91. The fourth-order valence-corrected chi connectivity index (χ4v) is 2.51. The van der Waals surface area contributed by atoms with E-state index in [0.717, 1.165) is 5.56 Å². The number of carbonyl (C=O) groups is 2. The van der Waals surface area contributed by atoms with E-state index in [1.54, 1.807) is 44.1 Å². The van der Waals surface area contributed by atoms with Gasteiger partial charge < -0.3 is 19.1 Å². The lowest BCUT2D eigenvalue weighted by Gasteiger charge is -2.14. The summed E-state index contributed by atoms with van der Waals surface area (Å²) >= 11 is 0. The molecule has 0 spiro atoms. The molecule has 28 heavy (non-hydrogen) atoms. The zero-order chi connectivity index (χ0) is 20.5. The van der Waals surface area contributed by atoms with Gasteiger partial charge in [-0.15, -0.1) is 0 Å². The van der Waals surface area contributed by atoms with E-state index in [1.807, 2.05) is 30.3 Å². The highest BCUT2D eigenvalue weighted by atomic mass is 16.5. The van der Waals surface area contributed by atoms with E-state index >= 15 is 0 Å². The number of ether oxygens (including phenoxy) is 3. The molecule has 0 unspecified atom stereocenters. The van der Waals surface area contributed by atoms with Crippen molar-refractivity contribution in [1.82, 2.24) is 4.90 Å². The van der Waals surface area contributed by atoms with E-state index in [4.69, 9.17) is 14.2 Å². The van der Waals surface area contributed by atoms with Gasteiger partial charge >= 0.3 is 5.97 Å². The van der Waals surface area contributed by atoms with Gasteiger partial charge in [-0.05, 0) is 24.6 Å². The van der Waals surface area contributed by atoms with Gasteiger partial charge in [0.25, 0.3) is 0 Å². The van der Waals surface area contributed by atoms with Crippen molar-refractivity contribution in [2.75, 3.05) is 27.8 Å². The molecule has 0 aliphatic rings. The molecular formula is C22H25NO5. The first-order valence-corrected chi connectivity index (χ1v) is 8.91. The van der Waals surface area contributed by atoms with Crippen LogP contribution in [0.5, 0.6) is 11.5 Å². The van der Waals surface area contributed by atoms with Crippen molar-refractivity contribution in [2.24, 2.45) is 0 Å². The van der Waals surface area contributed by atoms with Crippen molar-refractivity contribution in [1.29, 1.82) is 0 Å². The van der Waals surface area contributed by atoms with Crippen molar-refractivity contribution >= 4 is 11.8 Å². The summed E-state index contributed by atoms with van der Waals surface area (Å²) in [4.78, 5) is 26.8. The third-order valence-electron chi connectivity index (χ3n) is 3.79. The van der Waals surface area contributed by atoms with Crippen LogP contribution in [0.3, 0.4) is 0 Å². The van der Waals surface area contributed by atoms with Crippen LogP contribution in [0.1, 0.15) is 22.8 Å². The molecule has 0 radical (unpaired) electrons. The Hall–Kier alpha value is -3.28. The maximum atomic E-state index is 13.0. The van der Waals surface area contributed by atoms with Gasteiger partial charge in [0.2, 0.25) is 5.78 Å². The molecule has 2 rings (SSSR count). The van der Waals surface area contributed by atoms with Gasteiger partial charge in [-0.3, -0.25) is 4.79 Å². The largest absolute Gasteiger partial charge is 0.496 e. The van der Waals surface area contributed by atoms with E-state index in [1.165, 1.54) is 13.3 Å². The Morgan fingerprint density at radius 1 is 1.07 bits per heavy atom. The van der Waals surface area contributed by atoms with Crippen molar-refractivity contribution in [3.63, 3.8) is 0 Å². The molecule has 0 aliphatic heterocycles. The highest BCUT2D eigenvalue weighted by Crippen LogP contribution is 2.28. The molecular weight excluding hydrogens is 358 g/mol. The number of ketones is 1. The topological polar surface area (TPSA) is 65.1 Å². The molecule has 2 aromatic carbocycles. The molecule has 0 bridgehead atoms. The second-order valence-electron chi connectivity index (χ2n) is 6.19. The standard InChI is InChI=1S/C22H25NO5/c1-5-27-22(25)19(14-23(2)3)21(24)18-12-11-17(13-20(18)26-4)28-15-16-9-7-6-8-10-16/h6-14H,5,15H2,1-4H3. The van der Waals surface area contributed by atoms with Gasteiger partial charge in [-0.1, -0.05) is 30.3 Å². The molecule has 0 atom stereocenters. The lowest BCUT2D eigenvalue weighted by molar-refractivity contribution is -0.138. The first kappa shape index (κ1) is 21.0. The summed E-state index contributed by atoms with van der Waals surface area (Å²) in [6, 6.07) is 14.6. The van der Waals surface area contributed by atoms with Crippen LogP contribution >= 0.6 is 0 Å². The summed E-state index contributed by atoms with van der Waals surface area (Å²) in [5, 5.41) is 0. The molecule has 6 nitrogen and oxygen atoms in total. The average molecular weight is 383 g/mol. The second-order valence-corrected chi connectivity index (χ2v) is 6.19. The van der Waals surface area contributed by atoms with E-state index in [9.17, 15) is 9.59 Å². The lowest BCUT2D eigenvalue weighted by atomic mass is 10.0. The van der Waals surface area contributed by atoms with Gasteiger partial charge in [0.15, 0.2) is 0 Å². The minimum absolute atomic E-state index is 0.0666. The van der Waals surface area contributed by atoms with E-state index < -0.39 is 11.8 Å². The molecule has 2 aromatic rings. The Labute approximate surface area is 165 Å². The number of methoxy groups -OCH3 is 1. The summed E-state index contributed by atoms with van der Waals surface area (Å²) < 4.78 is 16.1. The Morgan fingerprint density at radius 3 is 2.39 bits per heavy atom. The number of nitrogens with zero attached hydrogens (tertiary/aromatic N) is 1. The SMILES string of the molecule is CCOC(=O)C(=CN(C)C)C(=O)c1ccc(OCc2ccccc2)cc1OC. The van der Waals surface area contributed by atoms with Crippen LogP contribution in [0.25, 0.3) is 0 Å². The van der Waals surface area contributed by atoms with Gasteiger partial charge in [-0.2, -0.15) is 0 Å². The third kappa shape index (κ3) is 5.61. The predicted octanol–water partition coefficient (Wildman–Crippen LogP) is 3.47. The predicted molar refractivity (Wildman–Crippen MR) is 107 cm³/mol. The molecule has 0 aromatic heterocycles. The molecule has 0 aliphatic carbocycles. The zero-order valence-corrected chi connectivity index (χ0v) is 16.6. The van der Waals surface area contributed by atoms with Crippen LogP contribution in [0.2, 0.25) is 0 Å². The molecule has 0 fully saturated rings. The lowest BCUT2D eigenvalue weighted by Crippen LogP contribution is -2.20. The summed E-state index contributed by atoms with van der Waals surface area (Å²) in [5.74, 6) is -0.262. The summed E-state index contributed by atoms with van der Waals surface area (Å²) in [5.41, 5.74) is 1.22. The molecule has 0 heterocycles. The Morgan fingerprint density at radius 2 is 1.79 bits per heavy atom. The molecule has 0 amide bonds. The monoisotopic (exact) mass is 383 g/mol. The minimum Gasteiger partial charge on any atom is -0.496 e. The van der Waals surface area contributed by atoms with E-state index in [0.29, 0.717) is 18.1 Å². The number of esters is 1. The van der Waals surface area contributed by atoms with Crippen molar-refractivity contribution in [2.45, 2.75) is 13.5 Å². The summed E-state index contributed by atoms with van der Waals surface area (Å²) in [6.45, 7) is 2.27. The Kier molecular flexibility index (Phi) is 7.63. The van der Waals surface area contributed by atoms with Crippen molar-refractivity contribution in [3.8, 4) is 11.5 Å². The number of hydrogen-bond acceptors (Lipinski definition) is 6. The molecule has 0 saturated carbocycles. The van der Waals surface area contributed by atoms with Gasteiger partial charge in [-0.25, -0.2) is 4.79 Å².